The van der Waals surface area contributed by atoms with E-state index in [2.05, 4.69) is 25.4 Å². The molecule has 26 heavy (non-hydrogen) atoms. The number of rotatable bonds is 3. The minimum Gasteiger partial charge on any atom is -0.381 e. The molecule has 1 amide bonds. The number of hydrogen-bond acceptors (Lipinski definition) is 6. The first-order valence-corrected chi connectivity index (χ1v) is 7.57. The molecule has 0 aliphatic carbocycles. The fraction of sp³-hybridized carbons (Fsp3) is 0.0625. The highest BCUT2D eigenvalue weighted by molar-refractivity contribution is 6.12. The van der Waals surface area contributed by atoms with Gasteiger partial charge in [-0.1, -0.05) is 0 Å². The number of pyridine rings is 1. The molecule has 10 heteroatoms. The number of anilines is 2. The summed E-state index contributed by atoms with van der Waals surface area (Å²) in [5, 5.41) is 6.68. The number of carbonyl (C=O) groups excluding carboxylic acids is 1. The summed E-state index contributed by atoms with van der Waals surface area (Å²) in [6.45, 7) is 0. The highest BCUT2D eigenvalue weighted by Crippen LogP contribution is 2.26. The molecule has 0 saturated heterocycles. The number of amides is 1. The minimum atomic E-state index is -0.587. The first-order valence-electron chi connectivity index (χ1n) is 7.57. The van der Waals surface area contributed by atoms with Crippen LogP contribution in [0.1, 0.15) is 10.4 Å². The number of nitrogens with one attached hydrogen (secondary N) is 1. The average molecular weight is 352 g/mol. The van der Waals surface area contributed by atoms with Gasteiger partial charge in [0.05, 0.1) is 24.3 Å². The lowest BCUT2D eigenvalue weighted by atomic mass is 10.2. The Bertz CT molecular complexity index is 1130. The van der Waals surface area contributed by atoms with Crippen LogP contribution in [0.2, 0.25) is 0 Å². The Labute approximate surface area is 146 Å². The van der Waals surface area contributed by atoms with Crippen molar-refractivity contribution < 1.29 is 9.18 Å². The molecule has 0 aromatic carbocycles. The van der Waals surface area contributed by atoms with Crippen LogP contribution in [0.3, 0.4) is 0 Å². The first-order chi connectivity index (χ1) is 12.5. The van der Waals surface area contributed by atoms with Gasteiger partial charge in [-0.2, -0.15) is 0 Å². The number of carbonyl (C=O) groups is 1. The van der Waals surface area contributed by atoms with Gasteiger partial charge in [0, 0.05) is 31.2 Å². The molecule has 3 N–H and O–H groups in total. The Kier molecular flexibility index (Phi) is 3.57. The molecule has 4 aromatic heterocycles. The number of imidazole rings is 1. The zero-order chi connectivity index (χ0) is 18.3. The Morgan fingerprint density at radius 1 is 1.27 bits per heavy atom. The van der Waals surface area contributed by atoms with E-state index in [1.54, 1.807) is 24.7 Å². The maximum atomic E-state index is 13.3. The van der Waals surface area contributed by atoms with Crippen molar-refractivity contribution in [3.63, 3.8) is 0 Å². The average Bonchev–Trinajstić information content (AvgIpc) is 3.17. The van der Waals surface area contributed by atoms with Crippen molar-refractivity contribution >= 4 is 23.1 Å². The van der Waals surface area contributed by atoms with Crippen LogP contribution in [0.5, 0.6) is 0 Å². The summed E-state index contributed by atoms with van der Waals surface area (Å²) in [6, 6.07) is 1.74. The molecule has 0 fully saturated rings. The molecule has 0 saturated carbocycles. The summed E-state index contributed by atoms with van der Waals surface area (Å²) < 4.78 is 16.2. The highest BCUT2D eigenvalue weighted by Gasteiger charge is 2.21. The van der Waals surface area contributed by atoms with Gasteiger partial charge in [-0.25, -0.2) is 18.9 Å². The van der Waals surface area contributed by atoms with Crippen molar-refractivity contribution in [2.24, 2.45) is 7.05 Å². The maximum absolute atomic E-state index is 13.3. The number of aryl methyl sites for hydroxylation is 1. The van der Waals surface area contributed by atoms with Crippen LogP contribution in [0.25, 0.3) is 17.0 Å². The van der Waals surface area contributed by atoms with Gasteiger partial charge in [0.25, 0.3) is 5.91 Å². The maximum Gasteiger partial charge on any atom is 0.263 e. The first kappa shape index (κ1) is 15.7. The molecule has 0 unspecified atom stereocenters. The second kappa shape index (κ2) is 5.92. The molecule has 4 aromatic rings. The van der Waals surface area contributed by atoms with E-state index in [0.29, 0.717) is 17.1 Å². The number of nitrogen functional groups attached to an aromatic ring is 1. The standard InChI is InChI=1S/C16H13FN8O/c1-24-5-4-20-14(24)10-2-3-19-7-11(10)22-16(26)12-13(18)23-25-8-9(17)6-21-15(12)25/h2-8H,1H3,(H2,18,23)(H,22,26). The zero-order valence-electron chi connectivity index (χ0n) is 13.6. The van der Waals surface area contributed by atoms with Gasteiger partial charge < -0.3 is 15.6 Å². The van der Waals surface area contributed by atoms with Crippen LogP contribution in [0.4, 0.5) is 15.9 Å². The normalized spacial score (nSPS) is 11.0. The molecule has 0 aliphatic rings. The molecular weight excluding hydrogens is 339 g/mol. The summed E-state index contributed by atoms with van der Waals surface area (Å²) in [6.07, 6.45) is 8.66. The monoisotopic (exact) mass is 352 g/mol. The van der Waals surface area contributed by atoms with Gasteiger partial charge in [-0.15, -0.1) is 5.10 Å². The zero-order valence-corrected chi connectivity index (χ0v) is 13.6. The van der Waals surface area contributed by atoms with Gasteiger partial charge in [-0.05, 0) is 6.07 Å². The third-order valence-corrected chi connectivity index (χ3v) is 3.83. The molecule has 9 nitrogen and oxygen atoms in total. The van der Waals surface area contributed by atoms with Crippen LogP contribution in [-0.2, 0) is 7.05 Å². The Morgan fingerprint density at radius 2 is 2.12 bits per heavy atom. The fourth-order valence-electron chi connectivity index (χ4n) is 2.65. The van der Waals surface area contributed by atoms with Gasteiger partial charge in [0.1, 0.15) is 11.4 Å². The lowest BCUT2D eigenvalue weighted by molar-refractivity contribution is 0.102. The molecule has 0 atom stereocenters. The molecule has 0 aliphatic heterocycles. The predicted octanol–water partition coefficient (Wildman–Crippen LogP) is 1.50. The van der Waals surface area contributed by atoms with Gasteiger partial charge in [-0.3, -0.25) is 9.78 Å². The van der Waals surface area contributed by atoms with Gasteiger partial charge in [0.2, 0.25) is 0 Å². The van der Waals surface area contributed by atoms with E-state index in [-0.39, 0.29) is 17.0 Å². The Hall–Kier alpha value is -3.82. The van der Waals surface area contributed by atoms with Crippen LogP contribution in [0.15, 0.2) is 43.2 Å². The number of halogens is 1. The van der Waals surface area contributed by atoms with Crippen molar-refractivity contribution in [2.75, 3.05) is 11.1 Å². The number of hydrogen-bond donors (Lipinski definition) is 2. The number of aromatic nitrogens is 6. The summed E-state index contributed by atoms with van der Waals surface area (Å²) in [7, 11) is 1.84. The van der Waals surface area contributed by atoms with Crippen LogP contribution < -0.4 is 11.1 Å². The van der Waals surface area contributed by atoms with E-state index in [9.17, 15) is 9.18 Å². The van der Waals surface area contributed by atoms with Crippen molar-refractivity contribution in [3.8, 4) is 11.4 Å². The molecule has 130 valence electrons. The molecular formula is C16H13FN8O. The lowest BCUT2D eigenvalue weighted by Gasteiger charge is -2.10. The summed E-state index contributed by atoms with van der Waals surface area (Å²) in [5.41, 5.74) is 7.18. The van der Waals surface area contributed by atoms with Crippen molar-refractivity contribution in [2.45, 2.75) is 0 Å². The van der Waals surface area contributed by atoms with Gasteiger partial charge >= 0.3 is 0 Å². The van der Waals surface area contributed by atoms with E-state index >= 15 is 0 Å². The molecule has 4 heterocycles. The predicted molar refractivity (Wildman–Crippen MR) is 91.7 cm³/mol. The lowest BCUT2D eigenvalue weighted by Crippen LogP contribution is -2.15. The number of fused-ring (bicyclic) bond motifs is 1. The summed E-state index contributed by atoms with van der Waals surface area (Å²) >= 11 is 0. The van der Waals surface area contributed by atoms with Crippen LogP contribution in [-0.4, -0.2) is 35.0 Å². The van der Waals surface area contributed by atoms with E-state index in [4.69, 9.17) is 5.73 Å². The Morgan fingerprint density at radius 3 is 2.88 bits per heavy atom. The Balaban J connectivity index is 1.75. The molecule has 0 spiro atoms. The quantitative estimate of drug-likeness (QED) is 0.577. The van der Waals surface area contributed by atoms with Crippen molar-refractivity contribution in [1.29, 1.82) is 0 Å². The second-order valence-corrected chi connectivity index (χ2v) is 5.54. The third-order valence-electron chi connectivity index (χ3n) is 3.83. The smallest absolute Gasteiger partial charge is 0.263 e. The van der Waals surface area contributed by atoms with Crippen LogP contribution >= 0.6 is 0 Å². The second-order valence-electron chi connectivity index (χ2n) is 5.54. The SMILES string of the molecule is Cn1ccnc1-c1ccncc1NC(=O)c1c(N)nn2cc(F)cnc12. The summed E-state index contributed by atoms with van der Waals surface area (Å²) in [4.78, 5) is 25.0. The van der Waals surface area contributed by atoms with Gasteiger partial charge in [0.15, 0.2) is 17.3 Å². The van der Waals surface area contributed by atoms with E-state index in [1.807, 2.05) is 11.6 Å². The van der Waals surface area contributed by atoms with E-state index < -0.39 is 11.7 Å². The molecule has 0 radical (unpaired) electrons. The molecule has 0 bridgehead atoms. The van der Waals surface area contributed by atoms with E-state index in [0.717, 1.165) is 16.9 Å². The minimum absolute atomic E-state index is 0.0527. The fourth-order valence-corrected chi connectivity index (χ4v) is 2.65. The summed E-state index contributed by atoms with van der Waals surface area (Å²) in [5.74, 6) is -0.505. The van der Waals surface area contributed by atoms with Crippen LogP contribution in [0, 0.1) is 5.82 Å². The van der Waals surface area contributed by atoms with E-state index in [1.165, 1.54) is 6.20 Å². The molecule has 4 rings (SSSR count). The van der Waals surface area contributed by atoms with Crippen molar-refractivity contribution in [3.05, 3.63) is 54.6 Å². The number of nitrogens with two attached hydrogens (primary N) is 1. The largest absolute Gasteiger partial charge is 0.381 e. The van der Waals surface area contributed by atoms with Crippen molar-refractivity contribution in [1.82, 2.24) is 29.1 Å². The highest BCUT2D eigenvalue weighted by atomic mass is 19.1. The third kappa shape index (κ3) is 2.53. The number of nitrogens with zero attached hydrogens (tertiary/aromatic N) is 6. The topological polar surface area (TPSA) is 116 Å².